The lowest BCUT2D eigenvalue weighted by Gasteiger charge is -2.26. The molecule has 0 aromatic heterocycles. The topological polar surface area (TPSA) is 75.7 Å². The van der Waals surface area contributed by atoms with Gasteiger partial charge in [-0.1, -0.05) is 34.1 Å². The molecule has 0 saturated carbocycles. The second kappa shape index (κ2) is 8.52. The van der Waals surface area contributed by atoms with E-state index in [-0.39, 0.29) is 16.8 Å². The predicted molar refractivity (Wildman–Crippen MR) is 106 cm³/mol. The van der Waals surface area contributed by atoms with Crippen molar-refractivity contribution in [2.45, 2.75) is 17.9 Å². The zero-order valence-corrected chi connectivity index (χ0v) is 17.3. The van der Waals surface area contributed by atoms with E-state index < -0.39 is 10.0 Å². The van der Waals surface area contributed by atoms with E-state index in [9.17, 15) is 13.2 Å². The van der Waals surface area contributed by atoms with Crippen LogP contribution in [-0.2, 0) is 14.8 Å². The second-order valence-electron chi connectivity index (χ2n) is 6.29. The van der Waals surface area contributed by atoms with Crippen molar-refractivity contribution >= 4 is 31.9 Å². The summed E-state index contributed by atoms with van der Waals surface area (Å²) in [5, 5.41) is 2.91. The summed E-state index contributed by atoms with van der Waals surface area (Å²) in [6.07, 6.45) is 0. The number of carbonyl (C=O) groups excluding carboxylic acids is 1. The van der Waals surface area contributed by atoms with Gasteiger partial charge in [-0.05, 0) is 42.8 Å². The van der Waals surface area contributed by atoms with Gasteiger partial charge in [0.15, 0.2) is 0 Å². The van der Waals surface area contributed by atoms with Crippen molar-refractivity contribution < 1.29 is 17.9 Å². The zero-order valence-electron chi connectivity index (χ0n) is 14.9. The lowest BCUT2D eigenvalue weighted by molar-refractivity contribution is 0.0730. The molecule has 0 radical (unpaired) electrons. The van der Waals surface area contributed by atoms with Crippen LogP contribution in [0.25, 0.3) is 0 Å². The molecule has 1 aliphatic rings. The molecule has 144 valence electrons. The zero-order chi connectivity index (χ0) is 19.4. The lowest BCUT2D eigenvalue weighted by Crippen LogP contribution is -2.40. The minimum atomic E-state index is -3.64. The summed E-state index contributed by atoms with van der Waals surface area (Å²) in [6.45, 7) is 3.28. The number of carbonyl (C=O) groups is 1. The normalized spacial score (nSPS) is 16.7. The standard InChI is InChI=1S/C19H21BrN2O4S/c1-14(15-5-7-17(20)8-6-15)21-19(23)16-3-2-4-18(13-16)27(24,25)22-9-11-26-12-10-22/h2-8,13-14H,9-12H2,1H3,(H,21,23). The maximum absolute atomic E-state index is 12.8. The van der Waals surface area contributed by atoms with Crippen LogP contribution >= 0.6 is 15.9 Å². The Morgan fingerprint density at radius 3 is 2.48 bits per heavy atom. The Balaban J connectivity index is 1.76. The van der Waals surface area contributed by atoms with Crippen molar-refractivity contribution in [1.29, 1.82) is 0 Å². The molecular weight excluding hydrogens is 432 g/mol. The van der Waals surface area contributed by atoms with Crippen LogP contribution in [0.5, 0.6) is 0 Å². The number of hydrogen-bond acceptors (Lipinski definition) is 4. The SMILES string of the molecule is CC(NC(=O)c1cccc(S(=O)(=O)N2CCOCC2)c1)c1ccc(Br)cc1. The average Bonchev–Trinajstić information content (AvgIpc) is 2.69. The molecule has 2 aromatic rings. The van der Waals surface area contributed by atoms with Crippen LogP contribution < -0.4 is 5.32 Å². The number of benzene rings is 2. The summed E-state index contributed by atoms with van der Waals surface area (Å²) in [6, 6.07) is 13.6. The first-order valence-electron chi connectivity index (χ1n) is 8.62. The van der Waals surface area contributed by atoms with Gasteiger partial charge in [0.1, 0.15) is 0 Å². The summed E-state index contributed by atoms with van der Waals surface area (Å²) < 4.78 is 33.1. The van der Waals surface area contributed by atoms with Gasteiger partial charge in [-0.2, -0.15) is 4.31 Å². The van der Waals surface area contributed by atoms with Gasteiger partial charge in [0.2, 0.25) is 10.0 Å². The van der Waals surface area contributed by atoms with Crippen LogP contribution in [0.4, 0.5) is 0 Å². The first kappa shape index (κ1) is 20.0. The largest absolute Gasteiger partial charge is 0.379 e. The van der Waals surface area contributed by atoms with Gasteiger partial charge >= 0.3 is 0 Å². The highest BCUT2D eigenvalue weighted by molar-refractivity contribution is 9.10. The molecule has 1 fully saturated rings. The monoisotopic (exact) mass is 452 g/mol. The number of hydrogen-bond donors (Lipinski definition) is 1. The molecule has 0 bridgehead atoms. The quantitative estimate of drug-likeness (QED) is 0.756. The van der Waals surface area contributed by atoms with E-state index in [0.29, 0.717) is 31.9 Å². The summed E-state index contributed by atoms with van der Waals surface area (Å²) in [7, 11) is -3.64. The Labute approximate surface area is 167 Å². The van der Waals surface area contributed by atoms with E-state index in [4.69, 9.17) is 4.74 Å². The molecule has 2 aromatic carbocycles. The van der Waals surface area contributed by atoms with Crippen molar-refractivity contribution in [3.63, 3.8) is 0 Å². The maximum atomic E-state index is 12.8. The Morgan fingerprint density at radius 1 is 1.15 bits per heavy atom. The second-order valence-corrected chi connectivity index (χ2v) is 9.14. The maximum Gasteiger partial charge on any atom is 0.251 e. The van der Waals surface area contributed by atoms with Crippen LogP contribution in [-0.4, -0.2) is 44.9 Å². The van der Waals surface area contributed by atoms with Gasteiger partial charge in [-0.3, -0.25) is 4.79 Å². The molecule has 6 nitrogen and oxygen atoms in total. The summed E-state index contributed by atoms with van der Waals surface area (Å²) in [4.78, 5) is 12.7. The highest BCUT2D eigenvalue weighted by Crippen LogP contribution is 2.20. The van der Waals surface area contributed by atoms with E-state index in [1.807, 2.05) is 31.2 Å². The number of ether oxygens (including phenoxy) is 1. The Kier molecular flexibility index (Phi) is 6.31. The predicted octanol–water partition coefficient (Wildman–Crippen LogP) is 2.96. The summed E-state index contributed by atoms with van der Waals surface area (Å²) >= 11 is 3.39. The number of halogens is 1. The third-order valence-corrected chi connectivity index (χ3v) is 6.84. The number of amides is 1. The number of sulfonamides is 1. The Morgan fingerprint density at radius 2 is 1.81 bits per heavy atom. The molecular formula is C19H21BrN2O4S. The van der Waals surface area contributed by atoms with Gasteiger partial charge in [0.25, 0.3) is 5.91 Å². The van der Waals surface area contributed by atoms with E-state index >= 15 is 0 Å². The minimum Gasteiger partial charge on any atom is -0.379 e. The smallest absolute Gasteiger partial charge is 0.251 e. The minimum absolute atomic E-state index is 0.119. The number of nitrogens with one attached hydrogen (secondary N) is 1. The van der Waals surface area contributed by atoms with E-state index in [2.05, 4.69) is 21.2 Å². The average molecular weight is 453 g/mol. The number of rotatable bonds is 5. The Bertz CT molecular complexity index is 910. The van der Waals surface area contributed by atoms with Crippen molar-refractivity contribution in [2.75, 3.05) is 26.3 Å². The third kappa shape index (κ3) is 4.76. The van der Waals surface area contributed by atoms with Gasteiger partial charge in [0, 0.05) is 23.1 Å². The van der Waals surface area contributed by atoms with Crippen LogP contribution in [0, 0.1) is 0 Å². The van der Waals surface area contributed by atoms with E-state index in [0.717, 1.165) is 10.0 Å². The first-order chi connectivity index (χ1) is 12.9. The third-order valence-electron chi connectivity index (χ3n) is 4.42. The molecule has 1 aliphatic heterocycles. The molecule has 1 N–H and O–H groups in total. The highest BCUT2D eigenvalue weighted by atomic mass is 79.9. The van der Waals surface area contributed by atoms with E-state index in [1.54, 1.807) is 12.1 Å². The van der Waals surface area contributed by atoms with Crippen LogP contribution in [0.3, 0.4) is 0 Å². The van der Waals surface area contributed by atoms with E-state index in [1.165, 1.54) is 16.4 Å². The molecule has 1 heterocycles. The van der Waals surface area contributed by atoms with Gasteiger partial charge in [-0.25, -0.2) is 8.42 Å². The van der Waals surface area contributed by atoms with Crippen molar-refractivity contribution in [3.8, 4) is 0 Å². The molecule has 8 heteroatoms. The highest BCUT2D eigenvalue weighted by Gasteiger charge is 2.27. The first-order valence-corrected chi connectivity index (χ1v) is 10.9. The number of morpholine rings is 1. The molecule has 0 spiro atoms. The van der Waals surface area contributed by atoms with Crippen molar-refractivity contribution in [1.82, 2.24) is 9.62 Å². The number of nitrogens with zero attached hydrogens (tertiary/aromatic N) is 1. The van der Waals surface area contributed by atoms with Crippen molar-refractivity contribution in [2.24, 2.45) is 0 Å². The Hall–Kier alpha value is -1.74. The molecule has 1 saturated heterocycles. The fourth-order valence-electron chi connectivity index (χ4n) is 2.85. The van der Waals surface area contributed by atoms with Crippen LogP contribution in [0.1, 0.15) is 28.9 Å². The fraction of sp³-hybridized carbons (Fsp3) is 0.316. The van der Waals surface area contributed by atoms with Crippen LogP contribution in [0.15, 0.2) is 57.9 Å². The molecule has 27 heavy (non-hydrogen) atoms. The van der Waals surface area contributed by atoms with Crippen LogP contribution in [0.2, 0.25) is 0 Å². The molecule has 3 rings (SSSR count). The van der Waals surface area contributed by atoms with Gasteiger partial charge in [0.05, 0.1) is 24.2 Å². The summed E-state index contributed by atoms with van der Waals surface area (Å²) in [5.74, 6) is -0.315. The fourth-order valence-corrected chi connectivity index (χ4v) is 4.57. The van der Waals surface area contributed by atoms with Gasteiger partial charge < -0.3 is 10.1 Å². The molecule has 1 unspecified atom stereocenters. The lowest BCUT2D eigenvalue weighted by atomic mass is 10.1. The summed E-state index contributed by atoms with van der Waals surface area (Å²) in [5.41, 5.74) is 1.27. The molecule has 0 aliphatic carbocycles. The molecule has 1 amide bonds. The molecule has 1 atom stereocenters. The van der Waals surface area contributed by atoms with Crippen molar-refractivity contribution in [3.05, 3.63) is 64.1 Å². The van der Waals surface area contributed by atoms with Gasteiger partial charge in [-0.15, -0.1) is 0 Å².